The van der Waals surface area contributed by atoms with E-state index in [9.17, 15) is 9.59 Å². The minimum Gasteiger partial charge on any atom is -0.497 e. The van der Waals surface area contributed by atoms with E-state index in [0.717, 1.165) is 21.0 Å². The van der Waals surface area contributed by atoms with Gasteiger partial charge in [0.15, 0.2) is 5.13 Å². The Hall–Kier alpha value is -3.62. The quantitative estimate of drug-likeness (QED) is 0.292. The molecule has 2 amide bonds. The van der Waals surface area contributed by atoms with Gasteiger partial charge in [-0.15, -0.1) is 23.1 Å². The lowest BCUT2D eigenvalue weighted by Gasteiger charge is -2.08. The standard InChI is InChI=1S/C26H23N3O3S2/c1-17-24(18-8-4-3-5-9-18)29-26(34-17)28-23(30)16-33-22-13-7-11-20(15-22)27-25(31)19-10-6-12-21(14-19)32-2/h3-15H,16H2,1-2H3,(H,27,31)(H,28,29,30). The number of nitrogens with zero attached hydrogens (tertiary/aromatic N) is 1. The molecule has 0 aliphatic rings. The number of aryl methyl sites for hydroxylation is 1. The van der Waals surface area contributed by atoms with Gasteiger partial charge in [0.25, 0.3) is 5.91 Å². The Morgan fingerprint density at radius 1 is 0.971 bits per heavy atom. The molecule has 0 unspecified atom stereocenters. The van der Waals surface area contributed by atoms with E-state index in [1.54, 1.807) is 31.4 Å². The van der Waals surface area contributed by atoms with Gasteiger partial charge in [0, 0.05) is 26.6 Å². The van der Waals surface area contributed by atoms with E-state index in [-0.39, 0.29) is 17.6 Å². The minimum absolute atomic E-state index is 0.135. The molecule has 0 saturated heterocycles. The summed E-state index contributed by atoms with van der Waals surface area (Å²) < 4.78 is 5.18. The van der Waals surface area contributed by atoms with E-state index in [0.29, 0.717) is 22.1 Å². The Morgan fingerprint density at radius 2 is 1.76 bits per heavy atom. The summed E-state index contributed by atoms with van der Waals surface area (Å²) in [6.07, 6.45) is 0. The van der Waals surface area contributed by atoms with Gasteiger partial charge in [-0.25, -0.2) is 4.98 Å². The molecule has 1 heterocycles. The van der Waals surface area contributed by atoms with Crippen LogP contribution in [0.1, 0.15) is 15.2 Å². The van der Waals surface area contributed by atoms with Crippen LogP contribution in [0.2, 0.25) is 0 Å². The van der Waals surface area contributed by atoms with Crippen molar-refractivity contribution in [3.8, 4) is 17.0 Å². The highest BCUT2D eigenvalue weighted by Gasteiger charge is 2.13. The summed E-state index contributed by atoms with van der Waals surface area (Å²) in [4.78, 5) is 31.6. The molecule has 0 atom stereocenters. The van der Waals surface area contributed by atoms with Crippen LogP contribution in [0.4, 0.5) is 10.8 Å². The van der Waals surface area contributed by atoms with Crippen molar-refractivity contribution >= 4 is 45.7 Å². The van der Waals surface area contributed by atoms with Crippen molar-refractivity contribution in [3.63, 3.8) is 0 Å². The van der Waals surface area contributed by atoms with E-state index in [1.807, 2.05) is 61.5 Å². The Morgan fingerprint density at radius 3 is 2.56 bits per heavy atom. The molecule has 0 radical (unpaired) electrons. The maximum absolute atomic E-state index is 12.6. The van der Waals surface area contributed by atoms with Gasteiger partial charge in [0.1, 0.15) is 5.75 Å². The number of methoxy groups -OCH3 is 1. The average molecular weight is 490 g/mol. The molecule has 0 aliphatic heterocycles. The number of benzene rings is 3. The fraction of sp³-hybridized carbons (Fsp3) is 0.115. The van der Waals surface area contributed by atoms with Crippen molar-refractivity contribution in [1.82, 2.24) is 4.98 Å². The van der Waals surface area contributed by atoms with Gasteiger partial charge in [0.2, 0.25) is 5.91 Å². The molecular formula is C26H23N3O3S2. The zero-order valence-corrected chi connectivity index (χ0v) is 20.3. The van der Waals surface area contributed by atoms with Crippen LogP contribution in [0.15, 0.2) is 83.8 Å². The van der Waals surface area contributed by atoms with Gasteiger partial charge >= 0.3 is 0 Å². The summed E-state index contributed by atoms with van der Waals surface area (Å²) in [6.45, 7) is 2.00. The third-order valence-electron chi connectivity index (χ3n) is 4.88. The highest BCUT2D eigenvalue weighted by atomic mass is 32.2. The number of aromatic nitrogens is 1. The van der Waals surface area contributed by atoms with Crippen LogP contribution in [-0.4, -0.2) is 29.7 Å². The number of carbonyl (C=O) groups is 2. The average Bonchev–Trinajstić information content (AvgIpc) is 3.23. The fourth-order valence-electron chi connectivity index (χ4n) is 3.25. The first-order chi connectivity index (χ1) is 16.5. The number of thiazole rings is 1. The number of hydrogen-bond acceptors (Lipinski definition) is 6. The summed E-state index contributed by atoms with van der Waals surface area (Å²) in [5, 5.41) is 6.36. The first-order valence-corrected chi connectivity index (χ1v) is 12.3. The van der Waals surface area contributed by atoms with Crippen LogP contribution in [0, 0.1) is 6.92 Å². The number of hydrogen-bond donors (Lipinski definition) is 2. The second-order valence-electron chi connectivity index (χ2n) is 7.34. The van der Waals surface area contributed by atoms with Crippen molar-refractivity contribution in [2.45, 2.75) is 11.8 Å². The Labute approximate surface area is 206 Å². The number of thioether (sulfide) groups is 1. The molecule has 4 aromatic rings. The zero-order valence-electron chi connectivity index (χ0n) is 18.7. The van der Waals surface area contributed by atoms with Crippen LogP contribution < -0.4 is 15.4 Å². The number of anilines is 2. The van der Waals surface area contributed by atoms with Crippen LogP contribution >= 0.6 is 23.1 Å². The van der Waals surface area contributed by atoms with E-state index in [2.05, 4.69) is 15.6 Å². The van der Waals surface area contributed by atoms with Crippen LogP contribution in [-0.2, 0) is 4.79 Å². The van der Waals surface area contributed by atoms with E-state index in [4.69, 9.17) is 4.74 Å². The van der Waals surface area contributed by atoms with Gasteiger partial charge in [-0.1, -0.05) is 42.5 Å². The van der Waals surface area contributed by atoms with Crippen molar-refractivity contribution in [1.29, 1.82) is 0 Å². The number of carbonyl (C=O) groups excluding carboxylic acids is 2. The SMILES string of the molecule is COc1cccc(C(=O)Nc2cccc(SCC(=O)Nc3nc(-c4ccccc4)c(C)s3)c2)c1. The number of nitrogens with one attached hydrogen (secondary N) is 2. The Kier molecular flexibility index (Phi) is 7.61. The molecule has 6 nitrogen and oxygen atoms in total. The third kappa shape index (κ3) is 6.03. The summed E-state index contributed by atoms with van der Waals surface area (Å²) in [5.41, 5.74) is 3.07. The lowest BCUT2D eigenvalue weighted by molar-refractivity contribution is -0.113. The molecule has 172 valence electrons. The molecule has 0 saturated carbocycles. The number of ether oxygens (including phenoxy) is 1. The first-order valence-electron chi connectivity index (χ1n) is 10.5. The molecule has 1 aromatic heterocycles. The molecule has 4 rings (SSSR count). The molecule has 0 spiro atoms. The molecular weight excluding hydrogens is 466 g/mol. The molecule has 0 aliphatic carbocycles. The van der Waals surface area contributed by atoms with E-state index >= 15 is 0 Å². The Balaban J connectivity index is 1.34. The smallest absolute Gasteiger partial charge is 0.255 e. The summed E-state index contributed by atoms with van der Waals surface area (Å²) >= 11 is 2.85. The Bertz CT molecular complexity index is 1310. The summed E-state index contributed by atoms with van der Waals surface area (Å²) in [6, 6.07) is 24.3. The highest BCUT2D eigenvalue weighted by molar-refractivity contribution is 8.00. The predicted octanol–water partition coefficient (Wildman–Crippen LogP) is 6.11. The maximum atomic E-state index is 12.6. The van der Waals surface area contributed by atoms with E-state index in [1.165, 1.54) is 23.1 Å². The zero-order chi connectivity index (χ0) is 23.9. The number of amides is 2. The third-order valence-corrected chi connectivity index (χ3v) is 6.76. The topological polar surface area (TPSA) is 80.3 Å². The van der Waals surface area contributed by atoms with Crippen molar-refractivity contribution in [2.24, 2.45) is 0 Å². The summed E-state index contributed by atoms with van der Waals surface area (Å²) in [5.74, 6) is 0.484. The monoisotopic (exact) mass is 489 g/mol. The van der Waals surface area contributed by atoms with Gasteiger partial charge < -0.3 is 15.4 Å². The fourth-order valence-corrected chi connectivity index (χ4v) is 4.86. The largest absolute Gasteiger partial charge is 0.497 e. The van der Waals surface area contributed by atoms with Crippen molar-refractivity contribution in [2.75, 3.05) is 23.5 Å². The highest BCUT2D eigenvalue weighted by Crippen LogP contribution is 2.30. The number of rotatable bonds is 8. The second kappa shape index (κ2) is 11.0. The van der Waals surface area contributed by atoms with Gasteiger partial charge in [-0.05, 0) is 43.3 Å². The minimum atomic E-state index is -0.229. The van der Waals surface area contributed by atoms with Gasteiger partial charge in [-0.3, -0.25) is 9.59 Å². The van der Waals surface area contributed by atoms with Crippen LogP contribution in [0.3, 0.4) is 0 Å². The van der Waals surface area contributed by atoms with Crippen LogP contribution in [0.5, 0.6) is 5.75 Å². The molecule has 0 fully saturated rings. The lowest BCUT2D eigenvalue weighted by atomic mass is 10.1. The predicted molar refractivity (Wildman–Crippen MR) is 139 cm³/mol. The normalized spacial score (nSPS) is 10.5. The van der Waals surface area contributed by atoms with E-state index < -0.39 is 0 Å². The summed E-state index contributed by atoms with van der Waals surface area (Å²) in [7, 11) is 1.56. The van der Waals surface area contributed by atoms with Gasteiger partial charge in [-0.2, -0.15) is 0 Å². The lowest BCUT2D eigenvalue weighted by Crippen LogP contribution is -2.14. The first kappa shape index (κ1) is 23.5. The molecule has 34 heavy (non-hydrogen) atoms. The van der Waals surface area contributed by atoms with Crippen molar-refractivity contribution < 1.29 is 14.3 Å². The second-order valence-corrected chi connectivity index (χ2v) is 9.59. The van der Waals surface area contributed by atoms with Crippen molar-refractivity contribution in [3.05, 3.63) is 89.3 Å². The molecule has 3 aromatic carbocycles. The molecule has 8 heteroatoms. The maximum Gasteiger partial charge on any atom is 0.255 e. The van der Waals surface area contributed by atoms with Gasteiger partial charge in [0.05, 0.1) is 18.6 Å². The molecule has 0 bridgehead atoms. The molecule has 2 N–H and O–H groups in total. The van der Waals surface area contributed by atoms with Crippen LogP contribution in [0.25, 0.3) is 11.3 Å².